The van der Waals surface area contributed by atoms with Gasteiger partial charge in [0.05, 0.1) is 5.60 Å². The van der Waals surface area contributed by atoms with E-state index in [1.54, 1.807) is 32.7 Å². The Bertz CT molecular complexity index is 564. The van der Waals surface area contributed by atoms with Crippen LogP contribution in [0, 0.1) is 0 Å². The van der Waals surface area contributed by atoms with Crippen molar-refractivity contribution in [2.45, 2.75) is 78.0 Å². The average molecular weight is 461 g/mol. The van der Waals surface area contributed by atoms with Gasteiger partial charge in [-0.3, -0.25) is 14.4 Å². The lowest BCUT2D eigenvalue weighted by atomic mass is 9.97. The number of primary amides is 1. The molecule has 0 aliphatic carbocycles. The van der Waals surface area contributed by atoms with Gasteiger partial charge in [0, 0.05) is 32.7 Å². The molecule has 3 amide bonds. The first kappa shape index (κ1) is 29.7. The smallest absolute Gasteiger partial charge is 0.246 e. The summed E-state index contributed by atoms with van der Waals surface area (Å²) in [6, 6.07) is -1.64. The predicted molar refractivity (Wildman–Crippen MR) is 128 cm³/mol. The standard InChI is InChI=1S/C22H44N4O4S/c1-8-12-19(27)24(6)18(16-31-14-11-13-26(9-2)10-3)21(29)25(7)17(20(23)28)15-22(4,5)30/h17-18,30H,8-16H2,1-7H3,(H2,23,28)/t17-,18+/m0/s1. The Morgan fingerprint density at radius 1 is 1.03 bits per heavy atom. The first-order valence-electron chi connectivity index (χ1n) is 11.2. The van der Waals surface area contributed by atoms with Crippen molar-refractivity contribution in [3.8, 4) is 0 Å². The molecule has 2 atom stereocenters. The molecule has 0 aromatic rings. The number of carbonyl (C=O) groups is 3. The quantitative estimate of drug-likeness (QED) is 0.339. The first-order chi connectivity index (χ1) is 14.4. The Morgan fingerprint density at radius 2 is 1.61 bits per heavy atom. The minimum Gasteiger partial charge on any atom is -0.390 e. The molecule has 0 rings (SSSR count). The summed E-state index contributed by atoms with van der Waals surface area (Å²) in [5.41, 5.74) is 4.37. The molecule has 8 nitrogen and oxygen atoms in total. The number of nitrogens with zero attached hydrogens (tertiary/aromatic N) is 3. The molecule has 0 saturated heterocycles. The topological polar surface area (TPSA) is 107 Å². The molecule has 0 saturated carbocycles. The van der Waals surface area contributed by atoms with E-state index >= 15 is 0 Å². The third kappa shape index (κ3) is 11.2. The summed E-state index contributed by atoms with van der Waals surface area (Å²) in [5, 5.41) is 10.1. The highest BCUT2D eigenvalue weighted by Crippen LogP contribution is 2.19. The highest BCUT2D eigenvalue weighted by molar-refractivity contribution is 7.99. The maximum Gasteiger partial charge on any atom is 0.246 e. The number of hydrogen-bond acceptors (Lipinski definition) is 6. The average Bonchev–Trinajstić information content (AvgIpc) is 2.69. The van der Waals surface area contributed by atoms with Crippen LogP contribution in [0.4, 0.5) is 0 Å². The number of hydrogen-bond donors (Lipinski definition) is 2. The molecule has 0 bridgehead atoms. The fourth-order valence-corrected chi connectivity index (χ4v) is 4.42. The first-order valence-corrected chi connectivity index (χ1v) is 12.4. The highest BCUT2D eigenvalue weighted by atomic mass is 32.2. The molecule has 0 aromatic carbocycles. The van der Waals surface area contributed by atoms with E-state index in [4.69, 9.17) is 5.73 Å². The Hall–Kier alpha value is -1.32. The summed E-state index contributed by atoms with van der Waals surface area (Å²) >= 11 is 1.63. The minimum atomic E-state index is -1.16. The zero-order valence-corrected chi connectivity index (χ0v) is 21.3. The van der Waals surface area contributed by atoms with Crippen LogP contribution in [0.1, 0.15) is 60.3 Å². The van der Waals surface area contributed by atoms with Crippen molar-refractivity contribution in [2.75, 3.05) is 45.2 Å². The molecule has 0 radical (unpaired) electrons. The van der Waals surface area contributed by atoms with Gasteiger partial charge in [-0.05, 0) is 52.1 Å². The Kier molecular flexibility index (Phi) is 14.1. The van der Waals surface area contributed by atoms with Crippen LogP contribution < -0.4 is 5.73 Å². The Balaban J connectivity index is 5.31. The minimum absolute atomic E-state index is 0.0287. The van der Waals surface area contributed by atoms with Crippen molar-refractivity contribution in [3.63, 3.8) is 0 Å². The number of thioether (sulfide) groups is 1. The van der Waals surface area contributed by atoms with Crippen molar-refractivity contribution in [2.24, 2.45) is 5.73 Å². The molecule has 0 fully saturated rings. The van der Waals surface area contributed by atoms with E-state index < -0.39 is 23.6 Å². The lowest BCUT2D eigenvalue weighted by molar-refractivity contribution is -0.147. The van der Waals surface area contributed by atoms with E-state index in [1.807, 2.05) is 6.92 Å². The van der Waals surface area contributed by atoms with Crippen LogP contribution in [0.15, 0.2) is 0 Å². The van der Waals surface area contributed by atoms with E-state index in [9.17, 15) is 19.5 Å². The highest BCUT2D eigenvalue weighted by Gasteiger charge is 2.36. The molecule has 182 valence electrons. The van der Waals surface area contributed by atoms with E-state index in [0.29, 0.717) is 18.6 Å². The van der Waals surface area contributed by atoms with Crippen LogP contribution >= 0.6 is 11.8 Å². The van der Waals surface area contributed by atoms with E-state index in [2.05, 4.69) is 18.7 Å². The van der Waals surface area contributed by atoms with Gasteiger partial charge in [0.1, 0.15) is 12.1 Å². The molecular formula is C22H44N4O4S. The third-order valence-electron chi connectivity index (χ3n) is 5.38. The number of aliphatic hydroxyl groups is 1. The van der Waals surface area contributed by atoms with Gasteiger partial charge in [0.15, 0.2) is 0 Å². The van der Waals surface area contributed by atoms with Crippen LogP contribution in [0.25, 0.3) is 0 Å². The van der Waals surface area contributed by atoms with Gasteiger partial charge < -0.3 is 25.5 Å². The predicted octanol–water partition coefficient (Wildman–Crippen LogP) is 1.55. The summed E-state index contributed by atoms with van der Waals surface area (Å²) in [5.74, 6) is 0.211. The molecule has 0 heterocycles. The number of rotatable bonds is 16. The van der Waals surface area contributed by atoms with Crippen molar-refractivity contribution < 1.29 is 19.5 Å². The summed E-state index contributed by atoms with van der Waals surface area (Å²) in [7, 11) is 3.15. The second-order valence-electron chi connectivity index (χ2n) is 8.61. The Morgan fingerprint density at radius 3 is 2.06 bits per heavy atom. The number of amides is 3. The van der Waals surface area contributed by atoms with Gasteiger partial charge in [-0.2, -0.15) is 11.8 Å². The molecule has 0 unspecified atom stereocenters. The summed E-state index contributed by atoms with van der Waals surface area (Å²) < 4.78 is 0. The molecule has 9 heteroatoms. The Labute approximate surface area is 192 Å². The van der Waals surface area contributed by atoms with E-state index in [-0.39, 0.29) is 18.2 Å². The zero-order valence-electron chi connectivity index (χ0n) is 20.5. The van der Waals surface area contributed by atoms with Crippen molar-refractivity contribution in [1.82, 2.24) is 14.7 Å². The van der Waals surface area contributed by atoms with Crippen molar-refractivity contribution >= 4 is 29.5 Å². The maximum absolute atomic E-state index is 13.3. The van der Waals surface area contributed by atoms with Crippen LogP contribution in [0.2, 0.25) is 0 Å². The maximum atomic E-state index is 13.3. The van der Waals surface area contributed by atoms with Crippen LogP contribution in [0.3, 0.4) is 0 Å². The van der Waals surface area contributed by atoms with Gasteiger partial charge in [-0.25, -0.2) is 0 Å². The van der Waals surface area contributed by atoms with Gasteiger partial charge in [-0.15, -0.1) is 0 Å². The fraction of sp³-hybridized carbons (Fsp3) is 0.864. The molecular weight excluding hydrogens is 416 g/mol. The van der Waals surface area contributed by atoms with Crippen molar-refractivity contribution in [1.29, 1.82) is 0 Å². The molecule has 3 N–H and O–H groups in total. The van der Waals surface area contributed by atoms with Crippen LogP contribution in [-0.2, 0) is 14.4 Å². The summed E-state index contributed by atoms with van der Waals surface area (Å²) in [6.45, 7) is 12.4. The summed E-state index contributed by atoms with van der Waals surface area (Å²) in [4.78, 5) is 42.9. The van der Waals surface area contributed by atoms with Gasteiger partial charge in [0.2, 0.25) is 17.7 Å². The normalized spacial score (nSPS) is 13.7. The lowest BCUT2D eigenvalue weighted by Crippen LogP contribution is -2.56. The lowest BCUT2D eigenvalue weighted by Gasteiger charge is -2.35. The summed E-state index contributed by atoms with van der Waals surface area (Å²) in [6.07, 6.45) is 2.08. The van der Waals surface area contributed by atoms with E-state index in [1.165, 1.54) is 16.8 Å². The number of nitrogens with two attached hydrogens (primary N) is 1. The second kappa shape index (κ2) is 14.7. The second-order valence-corrected chi connectivity index (χ2v) is 9.76. The molecule has 0 spiro atoms. The molecule has 0 aliphatic rings. The molecule has 0 aliphatic heterocycles. The van der Waals surface area contributed by atoms with E-state index in [0.717, 1.165) is 31.8 Å². The monoisotopic (exact) mass is 460 g/mol. The number of likely N-dealkylation sites (N-methyl/N-ethyl adjacent to an activating group) is 2. The van der Waals surface area contributed by atoms with Gasteiger partial charge >= 0.3 is 0 Å². The number of carbonyl (C=O) groups excluding carboxylic acids is 3. The van der Waals surface area contributed by atoms with Gasteiger partial charge in [0.25, 0.3) is 0 Å². The molecule has 31 heavy (non-hydrogen) atoms. The van der Waals surface area contributed by atoms with Crippen LogP contribution in [-0.4, -0.2) is 100 Å². The largest absolute Gasteiger partial charge is 0.390 e. The van der Waals surface area contributed by atoms with Crippen molar-refractivity contribution in [3.05, 3.63) is 0 Å². The van der Waals surface area contributed by atoms with Gasteiger partial charge in [-0.1, -0.05) is 20.8 Å². The third-order valence-corrected chi connectivity index (χ3v) is 6.51. The SMILES string of the molecule is CCCC(=O)N(C)[C@H](CSCCCN(CC)CC)C(=O)N(C)[C@@H](CC(C)(C)O)C(N)=O. The zero-order chi connectivity index (χ0) is 24.2. The fourth-order valence-electron chi connectivity index (χ4n) is 3.33. The molecule has 0 aromatic heterocycles. The van der Waals surface area contributed by atoms with Crippen LogP contribution in [0.5, 0.6) is 0 Å².